The number of hydrogen-bond acceptors (Lipinski definition) is 10. The molecule has 6 aliphatic carbocycles. The van der Waals surface area contributed by atoms with Gasteiger partial charge in [0.1, 0.15) is 23.6 Å². The van der Waals surface area contributed by atoms with Crippen molar-refractivity contribution in [3.63, 3.8) is 0 Å². The first-order valence-electron chi connectivity index (χ1n) is 26.1. The molecule has 0 bridgehead atoms. The molecule has 6 aliphatic rings. The molecule has 0 aliphatic heterocycles. The van der Waals surface area contributed by atoms with Crippen LogP contribution in [0.5, 0.6) is 0 Å². The number of fused-ring (bicyclic) bond motifs is 4. The van der Waals surface area contributed by atoms with E-state index in [0.29, 0.717) is 38.4 Å². The van der Waals surface area contributed by atoms with E-state index in [1.165, 1.54) is 133 Å². The third-order valence-corrected chi connectivity index (χ3v) is 13.5. The second-order valence-corrected chi connectivity index (χ2v) is 19.3. The number of methoxy groups -OCH3 is 1. The topological polar surface area (TPSA) is 147 Å². The molecule has 0 spiro atoms. The van der Waals surface area contributed by atoms with Crippen LogP contribution in [0.15, 0.2) is 103 Å². The summed E-state index contributed by atoms with van der Waals surface area (Å²) in [6, 6.07) is 25.6. The van der Waals surface area contributed by atoms with Crippen molar-refractivity contribution in [1.82, 2.24) is 0 Å². The summed E-state index contributed by atoms with van der Waals surface area (Å²) in [6.45, 7) is 10.7. The molecule has 0 amide bonds. The first kappa shape index (κ1) is 57.1. The molecule has 386 valence electrons. The standard InChI is InChI=1S/C16H18O2.C15H16O2.C14H16O2.C10H10O.C5H8O2.C3H6O/c1-18-16-9-14(8-15(17)10-16)13-6-5-11-3-2-4-12(11)7-13;16-14-7-13(8-15(17)9-14)12-5-4-10-2-1-3-11(10)6-12;1-2-16-14(15)9-7-11-6-8-12-4-3-5-13(12)10-11;11-7-8-4-5-9-2-1-3-10(9)6-8;1-3-5(6)7-4-2;1-3(2)4/h5-7,10,14H,2-4,8-9H2,1H3;4-6,13H,1-3,7-9H2;6-10H,2-5H2,1H3;4-7H,1-3H2;3H,1,4H2,2H3;1-2H3/b;;9-7+;;;. The van der Waals surface area contributed by atoms with Crippen molar-refractivity contribution >= 4 is 47.4 Å². The molecule has 0 heterocycles. The third-order valence-electron chi connectivity index (χ3n) is 13.5. The van der Waals surface area contributed by atoms with Crippen LogP contribution in [0.1, 0.15) is 169 Å². The number of carbonyl (C=O) groups excluding carboxylic acids is 7. The number of ketones is 4. The van der Waals surface area contributed by atoms with Crippen LogP contribution in [0.2, 0.25) is 0 Å². The van der Waals surface area contributed by atoms with Gasteiger partial charge in [-0.2, -0.15) is 0 Å². The van der Waals surface area contributed by atoms with E-state index in [9.17, 15) is 33.6 Å². The number of carbonyl (C=O) groups is 7. The second kappa shape index (κ2) is 29.6. The van der Waals surface area contributed by atoms with Gasteiger partial charge >= 0.3 is 11.9 Å². The molecular formula is C63H74O10. The van der Waals surface area contributed by atoms with E-state index >= 15 is 0 Å². The lowest BCUT2D eigenvalue weighted by Gasteiger charge is -2.22. The summed E-state index contributed by atoms with van der Waals surface area (Å²) < 4.78 is 14.5. The summed E-state index contributed by atoms with van der Waals surface area (Å²) in [5, 5.41) is 0. The smallest absolute Gasteiger partial charge is 0.330 e. The zero-order valence-corrected chi connectivity index (χ0v) is 43.7. The Balaban J connectivity index is 0.000000171. The number of esters is 2. The van der Waals surface area contributed by atoms with Gasteiger partial charge in [0, 0.05) is 49.5 Å². The van der Waals surface area contributed by atoms with Crippen LogP contribution in [-0.4, -0.2) is 61.7 Å². The summed E-state index contributed by atoms with van der Waals surface area (Å²) in [6.07, 6.45) is 24.1. The number of ether oxygens (including phenoxy) is 3. The largest absolute Gasteiger partial charge is 0.501 e. The average molecular weight is 991 g/mol. The SMILES string of the molecule is C=CC(=O)OCC.CC(C)=O.CCOC(=O)/C=C/c1ccc2c(c1)CCC2.COC1=CC(=O)CC(c2ccc3c(c2)CCC3)C1.O=C1CC(=O)CC(c2ccc3c(c2)CCC3)C1.O=Cc1ccc2c(c1)CCC2. The molecule has 0 N–H and O–H groups in total. The molecular weight excluding hydrogens is 917 g/mol. The van der Waals surface area contributed by atoms with E-state index in [1.807, 2.05) is 18.2 Å². The Hall–Kier alpha value is -6.81. The number of allylic oxidation sites excluding steroid dienone is 2. The molecule has 10 nitrogen and oxygen atoms in total. The van der Waals surface area contributed by atoms with Gasteiger partial charge in [-0.15, -0.1) is 0 Å². The van der Waals surface area contributed by atoms with Crippen LogP contribution in [0.3, 0.4) is 0 Å². The molecule has 1 atom stereocenters. The zero-order chi connectivity index (χ0) is 52.7. The quantitative estimate of drug-likeness (QED) is 0.0687. The van der Waals surface area contributed by atoms with Crippen LogP contribution >= 0.6 is 0 Å². The molecule has 10 heteroatoms. The Morgan fingerprint density at radius 2 is 0.973 bits per heavy atom. The van der Waals surface area contributed by atoms with Crippen LogP contribution < -0.4 is 0 Å². The highest BCUT2D eigenvalue weighted by Crippen LogP contribution is 2.35. The van der Waals surface area contributed by atoms with Crippen molar-refractivity contribution in [2.24, 2.45) is 0 Å². The van der Waals surface area contributed by atoms with Crippen molar-refractivity contribution in [1.29, 1.82) is 0 Å². The number of hydrogen-bond donors (Lipinski definition) is 0. The zero-order valence-electron chi connectivity index (χ0n) is 43.7. The van der Waals surface area contributed by atoms with Gasteiger partial charge in [-0.25, -0.2) is 9.59 Å². The summed E-state index contributed by atoms with van der Waals surface area (Å²) in [5.41, 5.74) is 15.9. The molecule has 1 unspecified atom stereocenters. The fourth-order valence-corrected chi connectivity index (χ4v) is 10.1. The van der Waals surface area contributed by atoms with Crippen LogP contribution in [0, 0.1) is 0 Å². The minimum absolute atomic E-state index is 0.103. The lowest BCUT2D eigenvalue weighted by Crippen LogP contribution is -2.21. The highest BCUT2D eigenvalue weighted by molar-refractivity contribution is 6.02. The minimum Gasteiger partial charge on any atom is -0.501 e. The Labute approximate surface area is 432 Å². The van der Waals surface area contributed by atoms with E-state index in [2.05, 4.69) is 72.0 Å². The number of rotatable bonds is 9. The molecule has 4 aromatic carbocycles. The Morgan fingerprint density at radius 1 is 0.562 bits per heavy atom. The lowest BCUT2D eigenvalue weighted by molar-refractivity contribution is -0.138. The van der Waals surface area contributed by atoms with Gasteiger partial charge in [0.2, 0.25) is 0 Å². The fourth-order valence-electron chi connectivity index (χ4n) is 10.1. The van der Waals surface area contributed by atoms with Crippen molar-refractivity contribution in [3.8, 4) is 0 Å². The second-order valence-electron chi connectivity index (χ2n) is 19.3. The normalized spacial score (nSPS) is 16.8. The molecule has 10 rings (SSSR count). The Bertz CT molecular complexity index is 2650. The highest BCUT2D eigenvalue weighted by atomic mass is 16.5. The summed E-state index contributed by atoms with van der Waals surface area (Å²) in [7, 11) is 1.64. The number of aryl methyl sites for hydroxylation is 8. The molecule has 0 saturated heterocycles. The molecule has 1 saturated carbocycles. The van der Waals surface area contributed by atoms with Gasteiger partial charge in [-0.05, 0) is 190 Å². The van der Waals surface area contributed by atoms with E-state index in [1.54, 1.807) is 27.0 Å². The van der Waals surface area contributed by atoms with Crippen molar-refractivity contribution < 1.29 is 47.8 Å². The minimum atomic E-state index is -0.359. The van der Waals surface area contributed by atoms with Gasteiger partial charge in [-0.1, -0.05) is 73.3 Å². The third kappa shape index (κ3) is 18.6. The van der Waals surface area contributed by atoms with Crippen molar-refractivity contribution in [3.05, 3.63) is 170 Å². The molecule has 1 fully saturated rings. The summed E-state index contributed by atoms with van der Waals surface area (Å²) in [5.74, 6) is 1.17. The molecule has 0 radical (unpaired) electrons. The highest BCUT2D eigenvalue weighted by Gasteiger charge is 2.28. The number of Topliss-reactive ketones (excluding diaryl/α,β-unsaturated/α-hetero) is 3. The van der Waals surface area contributed by atoms with Gasteiger partial charge < -0.3 is 19.0 Å². The van der Waals surface area contributed by atoms with Gasteiger partial charge in [-0.3, -0.25) is 19.2 Å². The predicted molar refractivity (Wildman–Crippen MR) is 287 cm³/mol. The monoisotopic (exact) mass is 991 g/mol. The summed E-state index contributed by atoms with van der Waals surface area (Å²) >= 11 is 0. The van der Waals surface area contributed by atoms with Gasteiger partial charge in [0.25, 0.3) is 0 Å². The summed E-state index contributed by atoms with van der Waals surface area (Å²) in [4.78, 5) is 75.7. The average Bonchev–Trinajstić information content (AvgIpc) is 4.23. The first-order chi connectivity index (χ1) is 35.2. The fraction of sp³-hybridized carbons (Fsp3) is 0.413. The van der Waals surface area contributed by atoms with Crippen molar-refractivity contribution in [2.75, 3.05) is 20.3 Å². The first-order valence-corrected chi connectivity index (χ1v) is 26.1. The van der Waals surface area contributed by atoms with Crippen LogP contribution in [-0.2, 0) is 94.3 Å². The van der Waals surface area contributed by atoms with E-state index in [-0.39, 0.29) is 47.4 Å². The maximum absolute atomic E-state index is 11.7. The van der Waals surface area contributed by atoms with Gasteiger partial charge in [0.15, 0.2) is 5.78 Å². The molecule has 0 aromatic heterocycles. The maximum atomic E-state index is 11.7. The van der Waals surface area contributed by atoms with E-state index < -0.39 is 0 Å². The maximum Gasteiger partial charge on any atom is 0.330 e. The number of aldehydes is 1. The Kier molecular flexibility index (Phi) is 23.2. The Morgan fingerprint density at radius 3 is 1.41 bits per heavy atom. The molecule has 73 heavy (non-hydrogen) atoms. The van der Waals surface area contributed by atoms with Gasteiger partial charge in [0.05, 0.1) is 32.5 Å². The van der Waals surface area contributed by atoms with E-state index in [4.69, 9.17) is 9.47 Å². The molecule has 4 aromatic rings. The van der Waals surface area contributed by atoms with Crippen LogP contribution in [0.4, 0.5) is 0 Å². The van der Waals surface area contributed by atoms with Crippen LogP contribution in [0.25, 0.3) is 6.08 Å². The predicted octanol–water partition coefficient (Wildman–Crippen LogP) is 11.8. The lowest BCUT2D eigenvalue weighted by atomic mass is 9.82. The van der Waals surface area contributed by atoms with E-state index in [0.717, 1.165) is 54.9 Å². The number of benzene rings is 4. The van der Waals surface area contributed by atoms with Crippen molar-refractivity contribution in [2.45, 2.75) is 149 Å².